The molecule has 1 aliphatic carbocycles. The Morgan fingerprint density at radius 1 is 1.67 bits per heavy atom. The van der Waals surface area contributed by atoms with Gasteiger partial charge < -0.3 is 9.84 Å². The molecule has 4 nitrogen and oxygen atoms in total. The monoisotopic (exact) mass is 168 g/mol. The SMILES string of the molecule is O=C1OC2C=CCC1C2C(=O)O. The van der Waals surface area contributed by atoms with Gasteiger partial charge in [-0.25, -0.2) is 0 Å². The van der Waals surface area contributed by atoms with Crippen molar-refractivity contribution in [3.63, 3.8) is 0 Å². The number of aliphatic carboxylic acids is 1. The van der Waals surface area contributed by atoms with Crippen LogP contribution in [0.3, 0.4) is 0 Å². The number of fused-ring (bicyclic) bond motifs is 2. The summed E-state index contributed by atoms with van der Waals surface area (Å²) in [4.78, 5) is 21.7. The fourth-order valence-electron chi connectivity index (χ4n) is 1.74. The van der Waals surface area contributed by atoms with E-state index in [1.807, 2.05) is 0 Å². The maximum absolute atomic E-state index is 11.0. The number of hydrogen-bond acceptors (Lipinski definition) is 3. The largest absolute Gasteiger partial charge is 0.481 e. The summed E-state index contributed by atoms with van der Waals surface area (Å²) in [6.07, 6.45) is 3.42. The molecule has 3 atom stereocenters. The van der Waals surface area contributed by atoms with E-state index in [9.17, 15) is 9.59 Å². The smallest absolute Gasteiger partial charge is 0.311 e. The minimum absolute atomic E-state index is 0.377. The van der Waals surface area contributed by atoms with Gasteiger partial charge in [-0.2, -0.15) is 0 Å². The topological polar surface area (TPSA) is 63.6 Å². The number of carboxylic acids is 1. The molecule has 1 saturated heterocycles. The first-order valence-electron chi connectivity index (χ1n) is 3.80. The van der Waals surface area contributed by atoms with E-state index in [0.717, 1.165) is 0 Å². The van der Waals surface area contributed by atoms with Crippen molar-refractivity contribution in [2.75, 3.05) is 0 Å². The van der Waals surface area contributed by atoms with E-state index in [2.05, 4.69) is 0 Å². The Balaban J connectivity index is 2.32. The number of hydrogen-bond donors (Lipinski definition) is 1. The first-order chi connectivity index (χ1) is 5.70. The third kappa shape index (κ3) is 0.841. The number of esters is 1. The molecule has 2 bridgehead atoms. The van der Waals surface area contributed by atoms with Gasteiger partial charge in [0, 0.05) is 0 Å². The predicted octanol–water partition coefficient (Wildman–Crippen LogP) is 0.189. The van der Waals surface area contributed by atoms with Crippen LogP contribution < -0.4 is 0 Å². The molecule has 4 heteroatoms. The summed E-state index contributed by atoms with van der Waals surface area (Å²) in [5, 5.41) is 8.77. The Bertz CT molecular complexity index is 268. The fourth-order valence-corrected chi connectivity index (χ4v) is 1.74. The zero-order valence-corrected chi connectivity index (χ0v) is 6.27. The first kappa shape index (κ1) is 7.34. The van der Waals surface area contributed by atoms with Gasteiger partial charge in [-0.15, -0.1) is 0 Å². The average molecular weight is 168 g/mol. The van der Waals surface area contributed by atoms with Gasteiger partial charge in [0.2, 0.25) is 0 Å². The van der Waals surface area contributed by atoms with Crippen molar-refractivity contribution < 1.29 is 19.4 Å². The highest BCUT2D eigenvalue weighted by molar-refractivity contribution is 5.85. The Kier molecular flexibility index (Phi) is 1.43. The summed E-state index contributed by atoms with van der Waals surface area (Å²) in [7, 11) is 0. The molecule has 64 valence electrons. The molecule has 3 unspecified atom stereocenters. The lowest BCUT2D eigenvalue weighted by atomic mass is 9.84. The van der Waals surface area contributed by atoms with E-state index in [1.54, 1.807) is 12.2 Å². The highest BCUT2D eigenvalue weighted by atomic mass is 16.6. The van der Waals surface area contributed by atoms with E-state index in [1.165, 1.54) is 0 Å². The van der Waals surface area contributed by atoms with Crippen LogP contribution in [0.2, 0.25) is 0 Å². The van der Waals surface area contributed by atoms with Crippen molar-refractivity contribution in [2.24, 2.45) is 11.8 Å². The number of rotatable bonds is 1. The number of carbonyl (C=O) groups excluding carboxylic acids is 1. The Morgan fingerprint density at radius 3 is 2.92 bits per heavy atom. The van der Waals surface area contributed by atoms with E-state index in [4.69, 9.17) is 9.84 Å². The lowest BCUT2D eigenvalue weighted by molar-refractivity contribution is -0.144. The molecule has 1 N–H and O–H groups in total. The van der Waals surface area contributed by atoms with Gasteiger partial charge >= 0.3 is 11.9 Å². The van der Waals surface area contributed by atoms with E-state index in [0.29, 0.717) is 6.42 Å². The normalized spacial score (nSPS) is 38.0. The van der Waals surface area contributed by atoms with Crippen molar-refractivity contribution in [3.05, 3.63) is 12.2 Å². The van der Waals surface area contributed by atoms with Gasteiger partial charge in [0.05, 0.1) is 5.92 Å². The minimum Gasteiger partial charge on any atom is -0.481 e. The zero-order valence-electron chi connectivity index (χ0n) is 6.27. The number of carbonyl (C=O) groups is 2. The van der Waals surface area contributed by atoms with Crippen LogP contribution in [0.5, 0.6) is 0 Å². The molecule has 0 aromatic rings. The molecular formula is C8H8O4. The number of carboxylic acid groups (broad SMARTS) is 1. The summed E-state index contributed by atoms with van der Waals surface area (Å²) in [6, 6.07) is 0. The van der Waals surface area contributed by atoms with Gasteiger partial charge in [0.25, 0.3) is 0 Å². The lowest BCUT2D eigenvalue weighted by Crippen LogP contribution is -2.30. The van der Waals surface area contributed by atoms with Crippen LogP contribution >= 0.6 is 0 Å². The summed E-state index contributed by atoms with van der Waals surface area (Å²) < 4.78 is 4.85. The van der Waals surface area contributed by atoms with Crippen molar-refractivity contribution in [2.45, 2.75) is 12.5 Å². The third-order valence-electron chi connectivity index (χ3n) is 2.34. The Morgan fingerprint density at radius 2 is 2.42 bits per heavy atom. The van der Waals surface area contributed by atoms with Crippen LogP contribution in [0, 0.1) is 11.8 Å². The summed E-state index contributed by atoms with van der Waals surface area (Å²) in [5.41, 5.74) is 0. The van der Waals surface area contributed by atoms with Crippen LogP contribution in [0.1, 0.15) is 6.42 Å². The van der Waals surface area contributed by atoms with Crippen LogP contribution in [-0.2, 0) is 14.3 Å². The fraction of sp³-hybridized carbons (Fsp3) is 0.500. The number of allylic oxidation sites excluding steroid dienone is 1. The molecule has 0 radical (unpaired) electrons. The van der Waals surface area contributed by atoms with Crippen LogP contribution in [0.15, 0.2) is 12.2 Å². The van der Waals surface area contributed by atoms with E-state index in [-0.39, 0.29) is 5.97 Å². The molecule has 1 fully saturated rings. The van der Waals surface area contributed by atoms with Gasteiger partial charge in [-0.05, 0) is 12.5 Å². The molecular weight excluding hydrogens is 160 g/mol. The molecule has 0 spiro atoms. The molecule has 0 amide bonds. The molecule has 2 aliphatic rings. The van der Waals surface area contributed by atoms with Crippen molar-refractivity contribution in [1.29, 1.82) is 0 Å². The second-order valence-electron chi connectivity index (χ2n) is 3.04. The summed E-state index contributed by atoms with van der Waals surface area (Å²) in [5.74, 6) is -2.45. The maximum atomic E-state index is 11.0. The standard InChI is InChI=1S/C8H8O4/c9-7(10)6-4-2-1-3-5(6)12-8(4)11/h1,3-6H,2H2,(H,9,10). The first-order valence-corrected chi connectivity index (χ1v) is 3.80. The number of ether oxygens (including phenoxy) is 1. The maximum Gasteiger partial charge on any atom is 0.311 e. The van der Waals surface area contributed by atoms with E-state index < -0.39 is 23.9 Å². The van der Waals surface area contributed by atoms with Crippen LogP contribution in [0.4, 0.5) is 0 Å². The quantitative estimate of drug-likeness (QED) is 0.448. The Hall–Kier alpha value is -1.32. The van der Waals surface area contributed by atoms with Gasteiger partial charge in [-0.3, -0.25) is 9.59 Å². The summed E-state index contributed by atoms with van der Waals surface area (Å²) >= 11 is 0. The molecule has 0 saturated carbocycles. The second kappa shape index (κ2) is 2.33. The average Bonchev–Trinajstić information content (AvgIpc) is 2.20. The Labute approximate surface area is 68.8 Å². The molecule has 1 aliphatic heterocycles. The molecule has 2 rings (SSSR count). The van der Waals surface area contributed by atoms with Crippen molar-refractivity contribution in [1.82, 2.24) is 0 Å². The van der Waals surface area contributed by atoms with Crippen molar-refractivity contribution in [3.8, 4) is 0 Å². The molecule has 12 heavy (non-hydrogen) atoms. The van der Waals surface area contributed by atoms with Gasteiger partial charge in [0.15, 0.2) is 0 Å². The second-order valence-corrected chi connectivity index (χ2v) is 3.04. The summed E-state index contributed by atoms with van der Waals surface area (Å²) in [6.45, 7) is 0. The van der Waals surface area contributed by atoms with Crippen molar-refractivity contribution >= 4 is 11.9 Å². The lowest BCUT2D eigenvalue weighted by Gasteiger charge is -2.16. The highest BCUT2D eigenvalue weighted by Crippen LogP contribution is 2.35. The zero-order chi connectivity index (χ0) is 8.72. The predicted molar refractivity (Wildman–Crippen MR) is 38.3 cm³/mol. The van der Waals surface area contributed by atoms with Crippen LogP contribution in [-0.4, -0.2) is 23.1 Å². The highest BCUT2D eigenvalue weighted by Gasteiger charge is 2.48. The third-order valence-corrected chi connectivity index (χ3v) is 2.34. The molecule has 0 aromatic carbocycles. The van der Waals surface area contributed by atoms with E-state index >= 15 is 0 Å². The molecule has 1 heterocycles. The molecule has 0 aromatic heterocycles. The van der Waals surface area contributed by atoms with Gasteiger partial charge in [-0.1, -0.05) is 6.08 Å². The van der Waals surface area contributed by atoms with Gasteiger partial charge in [0.1, 0.15) is 12.0 Å². The minimum atomic E-state index is -0.944. The van der Waals surface area contributed by atoms with Crippen LogP contribution in [0.25, 0.3) is 0 Å².